The van der Waals surface area contributed by atoms with Crippen molar-refractivity contribution in [2.75, 3.05) is 0 Å². The molecule has 3 heterocycles. The SMILES string of the molecule is c1ccc(-c2ccc(-c3nc(-c4ccccc4)nc(-c4cccc5c4-c4cc(-c6ccc7ccccc7c6)ccc4C54c5ccccc5-n5c6ccccc6c6cccc4c65)n3)cc2)cc1. The van der Waals surface area contributed by atoms with Crippen LogP contribution in [-0.2, 0) is 5.41 Å². The Labute approximate surface area is 381 Å². The third-order valence-corrected chi connectivity index (χ3v) is 14.1. The number of aromatic nitrogens is 4. The van der Waals surface area contributed by atoms with Crippen LogP contribution in [-0.4, -0.2) is 19.5 Å². The highest BCUT2D eigenvalue weighted by atomic mass is 15.0. The van der Waals surface area contributed by atoms with E-state index < -0.39 is 5.41 Å². The van der Waals surface area contributed by atoms with Gasteiger partial charge in [0.05, 0.1) is 22.1 Å². The number of benzene rings is 10. The highest BCUT2D eigenvalue weighted by molar-refractivity contribution is 6.13. The molecule has 0 amide bonds. The first kappa shape index (κ1) is 36.7. The molecule has 4 nitrogen and oxygen atoms in total. The fourth-order valence-corrected chi connectivity index (χ4v) is 11.2. The third-order valence-electron chi connectivity index (χ3n) is 14.1. The second kappa shape index (κ2) is 14.1. The first-order valence-corrected chi connectivity index (χ1v) is 22.6. The van der Waals surface area contributed by atoms with Gasteiger partial charge >= 0.3 is 0 Å². The molecule has 10 aromatic carbocycles. The maximum absolute atomic E-state index is 5.42. The van der Waals surface area contributed by atoms with Gasteiger partial charge in [-0.2, -0.15) is 0 Å². The molecule has 0 saturated carbocycles. The molecule has 2 aliphatic rings. The Morgan fingerprint density at radius 2 is 0.879 bits per heavy atom. The van der Waals surface area contributed by atoms with E-state index in [1.54, 1.807) is 0 Å². The van der Waals surface area contributed by atoms with Gasteiger partial charge in [-0.05, 0) is 90.7 Å². The Balaban J connectivity index is 1.07. The molecule has 1 aliphatic carbocycles. The molecule has 2 aromatic heterocycles. The van der Waals surface area contributed by atoms with Crippen LogP contribution in [0.4, 0.5) is 0 Å². The standard InChI is InChI=1S/C62H38N4/c1-3-15-39(16-4-1)41-29-32-43(33-30-41)60-63-59(42-18-5-2-6-19-42)64-61(65-60)49-23-14-25-53-57(49)50-38-46(45-34-31-40-17-7-8-20-44(40)37-45)35-36-51(50)62(53)52-24-10-12-28-56(52)66-55-27-11-9-21-47(55)48-22-13-26-54(62)58(48)66/h1-38H. The summed E-state index contributed by atoms with van der Waals surface area (Å²) in [6, 6.07) is 83.4. The lowest BCUT2D eigenvalue weighted by Gasteiger charge is -2.39. The zero-order valence-corrected chi connectivity index (χ0v) is 35.7. The van der Waals surface area contributed by atoms with Gasteiger partial charge in [-0.25, -0.2) is 15.0 Å². The summed E-state index contributed by atoms with van der Waals surface area (Å²) in [5, 5.41) is 4.95. The summed E-state index contributed by atoms with van der Waals surface area (Å²) in [6.07, 6.45) is 0. The molecule has 0 radical (unpaired) electrons. The number of para-hydroxylation sites is 3. The van der Waals surface area contributed by atoms with Gasteiger partial charge < -0.3 is 4.57 Å². The second-order valence-electron chi connectivity index (χ2n) is 17.5. The lowest BCUT2D eigenvalue weighted by atomic mass is 9.65. The lowest BCUT2D eigenvalue weighted by Crippen LogP contribution is -2.33. The highest BCUT2D eigenvalue weighted by Crippen LogP contribution is 2.62. The molecule has 66 heavy (non-hydrogen) atoms. The van der Waals surface area contributed by atoms with Crippen LogP contribution in [0, 0.1) is 0 Å². The van der Waals surface area contributed by atoms with Crippen molar-refractivity contribution in [1.82, 2.24) is 19.5 Å². The Bertz CT molecular complexity index is 3930. The van der Waals surface area contributed by atoms with Crippen molar-refractivity contribution in [3.05, 3.63) is 253 Å². The van der Waals surface area contributed by atoms with Crippen LogP contribution in [0.3, 0.4) is 0 Å². The summed E-state index contributed by atoms with van der Waals surface area (Å²) < 4.78 is 2.50. The van der Waals surface area contributed by atoms with Crippen molar-refractivity contribution in [2.24, 2.45) is 0 Å². The zero-order valence-electron chi connectivity index (χ0n) is 35.7. The molecule has 14 rings (SSSR count). The van der Waals surface area contributed by atoms with Gasteiger partial charge in [-0.1, -0.05) is 206 Å². The van der Waals surface area contributed by atoms with Gasteiger partial charge in [0.25, 0.3) is 0 Å². The van der Waals surface area contributed by atoms with Crippen LogP contribution >= 0.6 is 0 Å². The topological polar surface area (TPSA) is 43.6 Å². The number of nitrogens with zero attached hydrogens (tertiary/aromatic N) is 4. The largest absolute Gasteiger partial charge is 0.309 e. The van der Waals surface area contributed by atoms with E-state index in [1.807, 2.05) is 24.3 Å². The minimum atomic E-state index is -0.644. The number of hydrogen-bond donors (Lipinski definition) is 0. The molecule has 0 fully saturated rings. The van der Waals surface area contributed by atoms with Crippen molar-refractivity contribution in [3.8, 4) is 73.2 Å². The van der Waals surface area contributed by atoms with Gasteiger partial charge in [0.15, 0.2) is 17.5 Å². The molecule has 306 valence electrons. The Morgan fingerprint density at radius 3 is 1.71 bits per heavy atom. The molecule has 4 heteroatoms. The predicted molar refractivity (Wildman–Crippen MR) is 270 cm³/mol. The molecular formula is C62H38N4. The molecule has 0 N–H and O–H groups in total. The van der Waals surface area contributed by atoms with Crippen LogP contribution in [0.25, 0.3) is 106 Å². The van der Waals surface area contributed by atoms with Gasteiger partial charge in [0.1, 0.15) is 0 Å². The average Bonchev–Trinajstić information content (AvgIpc) is 3.89. The molecule has 1 atom stereocenters. The van der Waals surface area contributed by atoms with Crippen LogP contribution in [0.5, 0.6) is 0 Å². The predicted octanol–water partition coefficient (Wildman–Crippen LogP) is 15.1. The van der Waals surface area contributed by atoms with Crippen LogP contribution in [0.1, 0.15) is 22.3 Å². The van der Waals surface area contributed by atoms with Gasteiger partial charge in [0, 0.05) is 27.5 Å². The van der Waals surface area contributed by atoms with Crippen molar-refractivity contribution < 1.29 is 0 Å². The zero-order chi connectivity index (χ0) is 43.3. The number of fused-ring (bicyclic) bond motifs is 13. The van der Waals surface area contributed by atoms with E-state index in [2.05, 4.69) is 211 Å². The number of rotatable bonds is 5. The Hall–Kier alpha value is -8.73. The lowest BCUT2D eigenvalue weighted by molar-refractivity contribution is 0.748. The number of hydrogen-bond acceptors (Lipinski definition) is 3. The molecule has 0 bridgehead atoms. The Kier molecular flexibility index (Phi) is 7.87. The Morgan fingerprint density at radius 1 is 0.318 bits per heavy atom. The van der Waals surface area contributed by atoms with Crippen LogP contribution < -0.4 is 0 Å². The quantitative estimate of drug-likeness (QED) is 0.173. The summed E-state index contributed by atoms with van der Waals surface area (Å²) in [4.78, 5) is 16.0. The molecule has 1 aliphatic heterocycles. The minimum absolute atomic E-state index is 0.631. The normalized spacial score (nSPS) is 14.4. The third kappa shape index (κ3) is 5.24. The highest BCUT2D eigenvalue weighted by Gasteiger charge is 2.51. The summed E-state index contributed by atoms with van der Waals surface area (Å²) in [6.45, 7) is 0. The maximum atomic E-state index is 5.42. The van der Waals surface area contributed by atoms with E-state index in [4.69, 9.17) is 15.0 Å². The smallest absolute Gasteiger partial charge is 0.164 e. The first-order valence-electron chi connectivity index (χ1n) is 22.6. The summed E-state index contributed by atoms with van der Waals surface area (Å²) >= 11 is 0. The van der Waals surface area contributed by atoms with Crippen molar-refractivity contribution in [1.29, 1.82) is 0 Å². The molecule has 0 saturated heterocycles. The summed E-state index contributed by atoms with van der Waals surface area (Å²) in [5.74, 6) is 1.90. The maximum Gasteiger partial charge on any atom is 0.164 e. The van der Waals surface area contributed by atoms with E-state index >= 15 is 0 Å². The molecule has 1 unspecified atom stereocenters. The monoisotopic (exact) mass is 838 g/mol. The summed E-state index contributed by atoms with van der Waals surface area (Å²) in [7, 11) is 0. The van der Waals surface area contributed by atoms with E-state index in [-0.39, 0.29) is 0 Å². The second-order valence-corrected chi connectivity index (χ2v) is 17.5. The van der Waals surface area contributed by atoms with Gasteiger partial charge in [-0.3, -0.25) is 0 Å². The summed E-state index contributed by atoms with van der Waals surface area (Å²) in [5.41, 5.74) is 17.8. The van der Waals surface area contributed by atoms with Gasteiger partial charge in [-0.15, -0.1) is 0 Å². The molecule has 12 aromatic rings. The van der Waals surface area contributed by atoms with Crippen LogP contribution in [0.15, 0.2) is 231 Å². The molecular weight excluding hydrogens is 801 g/mol. The first-order chi connectivity index (χ1) is 32.7. The van der Waals surface area contributed by atoms with Crippen LogP contribution in [0.2, 0.25) is 0 Å². The van der Waals surface area contributed by atoms with Gasteiger partial charge in [0.2, 0.25) is 0 Å². The fraction of sp³-hybridized carbons (Fsp3) is 0.0161. The minimum Gasteiger partial charge on any atom is -0.309 e. The van der Waals surface area contributed by atoms with Crippen molar-refractivity contribution >= 4 is 32.6 Å². The fourth-order valence-electron chi connectivity index (χ4n) is 11.2. The van der Waals surface area contributed by atoms with E-state index in [9.17, 15) is 0 Å². The van der Waals surface area contributed by atoms with E-state index in [0.717, 1.165) is 33.4 Å². The average molecular weight is 839 g/mol. The van der Waals surface area contributed by atoms with Crippen molar-refractivity contribution in [3.63, 3.8) is 0 Å². The van der Waals surface area contributed by atoms with E-state index in [1.165, 1.54) is 77.2 Å². The molecule has 1 spiro atoms. The van der Waals surface area contributed by atoms with Crippen molar-refractivity contribution in [2.45, 2.75) is 5.41 Å². The van der Waals surface area contributed by atoms with E-state index in [0.29, 0.717) is 17.5 Å².